The largest absolute Gasteiger partial charge is 0.416 e. The maximum Gasteiger partial charge on any atom is 0.416 e. The predicted octanol–water partition coefficient (Wildman–Crippen LogP) is 4.20. The van der Waals surface area contributed by atoms with Gasteiger partial charge in [-0.3, -0.25) is 4.79 Å². The Morgan fingerprint density at radius 2 is 1.88 bits per heavy atom. The Morgan fingerprint density at radius 1 is 1.15 bits per heavy atom. The van der Waals surface area contributed by atoms with E-state index in [1.807, 2.05) is 52.9 Å². The number of nitrogens with zero attached hydrogens (tertiary/aromatic N) is 3. The molecule has 0 saturated carbocycles. The molecule has 1 aromatic heterocycles. The van der Waals surface area contributed by atoms with Crippen molar-refractivity contribution in [3.63, 3.8) is 0 Å². The van der Waals surface area contributed by atoms with Crippen LogP contribution >= 0.6 is 22.6 Å². The fourth-order valence-electron chi connectivity index (χ4n) is 2.23. The van der Waals surface area contributed by atoms with Gasteiger partial charge in [-0.2, -0.15) is 13.2 Å². The van der Waals surface area contributed by atoms with E-state index in [1.165, 1.54) is 16.9 Å². The van der Waals surface area contributed by atoms with E-state index < -0.39 is 17.6 Å². The molecule has 5 nitrogen and oxygen atoms in total. The summed E-state index contributed by atoms with van der Waals surface area (Å²) in [6.45, 7) is 0.433. The minimum atomic E-state index is -4.48. The van der Waals surface area contributed by atoms with Crippen molar-refractivity contribution in [3.8, 4) is 0 Å². The van der Waals surface area contributed by atoms with Crippen molar-refractivity contribution in [2.45, 2.75) is 12.7 Å². The van der Waals surface area contributed by atoms with Crippen molar-refractivity contribution >= 4 is 34.2 Å². The Hall–Kier alpha value is -2.43. The minimum Gasteiger partial charge on any atom is -0.320 e. The van der Waals surface area contributed by atoms with E-state index in [0.717, 1.165) is 17.7 Å². The Labute approximate surface area is 160 Å². The van der Waals surface area contributed by atoms with Crippen LogP contribution in [-0.2, 0) is 12.7 Å². The number of benzene rings is 2. The molecule has 0 spiro atoms. The van der Waals surface area contributed by atoms with Gasteiger partial charge in [0.25, 0.3) is 5.91 Å². The van der Waals surface area contributed by atoms with Gasteiger partial charge in [-0.25, -0.2) is 4.68 Å². The van der Waals surface area contributed by atoms with Gasteiger partial charge < -0.3 is 5.32 Å². The molecule has 0 aliphatic carbocycles. The number of aromatic nitrogens is 3. The second-order valence-electron chi connectivity index (χ2n) is 5.43. The first-order valence-corrected chi connectivity index (χ1v) is 8.53. The summed E-state index contributed by atoms with van der Waals surface area (Å²) in [6.07, 6.45) is -3.04. The second-order valence-corrected chi connectivity index (χ2v) is 6.60. The molecule has 134 valence electrons. The van der Waals surface area contributed by atoms with Gasteiger partial charge in [0.15, 0.2) is 5.69 Å². The van der Waals surface area contributed by atoms with Gasteiger partial charge in [-0.15, -0.1) is 5.10 Å². The summed E-state index contributed by atoms with van der Waals surface area (Å²) in [5, 5.41) is 10.1. The molecule has 3 aromatic rings. The first-order chi connectivity index (χ1) is 12.3. The molecule has 0 atom stereocenters. The smallest absolute Gasteiger partial charge is 0.320 e. The number of halogens is 4. The van der Waals surface area contributed by atoms with Crippen molar-refractivity contribution in [1.29, 1.82) is 0 Å². The molecule has 3 rings (SSSR count). The third-order valence-electron chi connectivity index (χ3n) is 3.50. The molecular weight excluding hydrogens is 460 g/mol. The van der Waals surface area contributed by atoms with Crippen LogP contribution in [0.5, 0.6) is 0 Å². The zero-order valence-corrected chi connectivity index (χ0v) is 15.3. The lowest BCUT2D eigenvalue weighted by Gasteiger charge is -2.11. The number of carbonyl (C=O) groups excluding carboxylic acids is 1. The molecule has 0 fully saturated rings. The van der Waals surface area contributed by atoms with Crippen LogP contribution in [0, 0.1) is 3.57 Å². The Balaban J connectivity index is 1.75. The zero-order chi connectivity index (χ0) is 18.7. The highest BCUT2D eigenvalue weighted by molar-refractivity contribution is 14.1. The van der Waals surface area contributed by atoms with Crippen molar-refractivity contribution in [2.75, 3.05) is 5.32 Å². The van der Waals surface area contributed by atoms with E-state index in [1.54, 1.807) is 0 Å². The summed E-state index contributed by atoms with van der Waals surface area (Å²) >= 11 is 1.85. The van der Waals surface area contributed by atoms with Crippen molar-refractivity contribution in [2.24, 2.45) is 0 Å². The van der Waals surface area contributed by atoms with Crippen LogP contribution in [0.4, 0.5) is 18.9 Å². The van der Waals surface area contributed by atoms with E-state index >= 15 is 0 Å². The molecule has 0 bridgehead atoms. The SMILES string of the molecule is O=C(Nc1cc(C(F)(F)F)ccc1I)c1cn(Cc2ccccc2)nn1. The van der Waals surface area contributed by atoms with Gasteiger partial charge in [0.05, 0.1) is 24.0 Å². The molecule has 1 N–H and O–H groups in total. The number of rotatable bonds is 4. The molecule has 0 unspecified atom stereocenters. The maximum atomic E-state index is 12.8. The van der Waals surface area contributed by atoms with Gasteiger partial charge >= 0.3 is 6.18 Å². The second kappa shape index (κ2) is 7.44. The number of hydrogen-bond acceptors (Lipinski definition) is 3. The van der Waals surface area contributed by atoms with Crippen LogP contribution in [0.1, 0.15) is 21.6 Å². The first kappa shape index (κ1) is 18.4. The number of carbonyl (C=O) groups is 1. The van der Waals surface area contributed by atoms with Gasteiger partial charge in [-0.1, -0.05) is 35.5 Å². The van der Waals surface area contributed by atoms with Crippen LogP contribution < -0.4 is 5.32 Å². The van der Waals surface area contributed by atoms with Gasteiger partial charge in [0, 0.05) is 3.57 Å². The molecule has 0 aliphatic rings. The lowest BCUT2D eigenvalue weighted by molar-refractivity contribution is -0.137. The normalized spacial score (nSPS) is 11.4. The molecule has 0 saturated heterocycles. The molecule has 26 heavy (non-hydrogen) atoms. The number of alkyl halides is 3. The summed E-state index contributed by atoms with van der Waals surface area (Å²) < 4.78 is 40.5. The van der Waals surface area contributed by atoms with Crippen LogP contribution in [0.15, 0.2) is 54.7 Å². The Kier molecular flexibility index (Phi) is 5.25. The molecule has 0 aliphatic heterocycles. The van der Waals surface area contributed by atoms with Crippen LogP contribution in [0.3, 0.4) is 0 Å². The van der Waals surface area contributed by atoms with E-state index in [2.05, 4.69) is 15.6 Å². The van der Waals surface area contributed by atoms with Crippen molar-refractivity contribution in [1.82, 2.24) is 15.0 Å². The van der Waals surface area contributed by atoms with Crippen molar-refractivity contribution < 1.29 is 18.0 Å². The quantitative estimate of drug-likeness (QED) is 0.580. The zero-order valence-electron chi connectivity index (χ0n) is 13.2. The molecular formula is C17H12F3IN4O. The maximum absolute atomic E-state index is 12.8. The summed E-state index contributed by atoms with van der Waals surface area (Å²) in [4.78, 5) is 12.3. The summed E-state index contributed by atoms with van der Waals surface area (Å²) in [5.41, 5.74) is 0.245. The monoisotopic (exact) mass is 472 g/mol. The topological polar surface area (TPSA) is 59.8 Å². The Bertz CT molecular complexity index is 925. The lowest BCUT2D eigenvalue weighted by Crippen LogP contribution is -2.14. The number of amides is 1. The Morgan fingerprint density at radius 3 is 2.58 bits per heavy atom. The minimum absolute atomic E-state index is 0.0224. The van der Waals surface area contributed by atoms with Gasteiger partial charge in [0.2, 0.25) is 0 Å². The molecule has 1 amide bonds. The first-order valence-electron chi connectivity index (χ1n) is 7.45. The summed E-state index contributed by atoms with van der Waals surface area (Å²) in [6, 6.07) is 12.6. The highest BCUT2D eigenvalue weighted by atomic mass is 127. The molecule has 1 heterocycles. The van der Waals surface area contributed by atoms with E-state index in [4.69, 9.17) is 0 Å². The lowest BCUT2D eigenvalue weighted by atomic mass is 10.2. The fraction of sp³-hybridized carbons (Fsp3) is 0.118. The highest BCUT2D eigenvalue weighted by Gasteiger charge is 2.31. The summed E-state index contributed by atoms with van der Waals surface area (Å²) in [7, 11) is 0. The molecule has 9 heteroatoms. The predicted molar refractivity (Wildman–Crippen MR) is 97.7 cm³/mol. The fourth-order valence-corrected chi connectivity index (χ4v) is 2.70. The van der Waals surface area contributed by atoms with Crippen LogP contribution in [0.2, 0.25) is 0 Å². The summed E-state index contributed by atoms with van der Waals surface area (Å²) in [5.74, 6) is -0.624. The average molecular weight is 472 g/mol. The molecule has 0 radical (unpaired) electrons. The van der Waals surface area contributed by atoms with E-state index in [0.29, 0.717) is 10.1 Å². The highest BCUT2D eigenvalue weighted by Crippen LogP contribution is 2.32. The van der Waals surface area contributed by atoms with Gasteiger partial charge in [0.1, 0.15) is 0 Å². The van der Waals surface area contributed by atoms with Crippen molar-refractivity contribution in [3.05, 3.63) is 75.1 Å². The third-order valence-corrected chi connectivity index (χ3v) is 4.44. The van der Waals surface area contributed by atoms with E-state index in [9.17, 15) is 18.0 Å². The number of hydrogen-bond donors (Lipinski definition) is 1. The number of anilines is 1. The van der Waals surface area contributed by atoms with Gasteiger partial charge in [-0.05, 0) is 46.4 Å². The van der Waals surface area contributed by atoms with Crippen LogP contribution in [-0.4, -0.2) is 20.9 Å². The molecule has 2 aromatic carbocycles. The third kappa shape index (κ3) is 4.40. The standard InChI is InChI=1S/C17H12F3IN4O/c18-17(19,20)12-6-7-13(21)14(8-12)22-16(26)15-10-25(24-23-15)9-11-4-2-1-3-5-11/h1-8,10H,9H2,(H,22,26). The average Bonchev–Trinajstić information content (AvgIpc) is 3.05. The number of nitrogens with one attached hydrogen (secondary N) is 1. The van der Waals surface area contributed by atoms with Crippen LogP contribution in [0.25, 0.3) is 0 Å². The van der Waals surface area contributed by atoms with E-state index in [-0.39, 0.29) is 11.4 Å².